The van der Waals surface area contributed by atoms with Gasteiger partial charge in [0.25, 0.3) is 0 Å². The van der Waals surface area contributed by atoms with Gasteiger partial charge >= 0.3 is 0 Å². The van der Waals surface area contributed by atoms with Crippen LogP contribution >= 0.6 is 0 Å². The summed E-state index contributed by atoms with van der Waals surface area (Å²) in [5.74, 6) is -0.140. The van der Waals surface area contributed by atoms with Crippen LogP contribution in [0.2, 0.25) is 0 Å². The Labute approximate surface area is 313 Å². The maximum Gasteiger partial charge on any atom is 0.220 e. The molecule has 0 bridgehead atoms. The van der Waals surface area contributed by atoms with Crippen molar-refractivity contribution in [3.63, 3.8) is 0 Å². The van der Waals surface area contributed by atoms with E-state index in [1.165, 1.54) is 199 Å². The van der Waals surface area contributed by atoms with Crippen LogP contribution in [0.4, 0.5) is 0 Å². The zero-order chi connectivity index (χ0) is 36.6. The first-order chi connectivity index (χ1) is 24.6. The molecule has 50 heavy (non-hydrogen) atoms. The van der Waals surface area contributed by atoms with E-state index in [2.05, 4.69) is 19.2 Å². The second-order valence-corrected chi connectivity index (χ2v) is 16.0. The van der Waals surface area contributed by atoms with Gasteiger partial charge in [-0.3, -0.25) is 4.79 Å². The molecule has 5 heteroatoms. The van der Waals surface area contributed by atoms with Gasteiger partial charge in [0.2, 0.25) is 5.91 Å². The standard InChI is InChI=1S/C45H91NO4/c1-3-5-7-9-11-13-15-17-19-20-21-22-23-24-26-27-29-31-33-35-37-39-43(48)45(50)42(41-47)46-44(49)40-38-36-34-32-30-28-25-18-16-14-12-10-8-6-4-2/h42-43,45,47-48,50H,3-41H2,1-2H3,(H,46,49). The van der Waals surface area contributed by atoms with E-state index in [-0.39, 0.29) is 12.5 Å². The summed E-state index contributed by atoms with van der Waals surface area (Å²) >= 11 is 0. The zero-order valence-electron chi connectivity index (χ0n) is 34.1. The summed E-state index contributed by atoms with van der Waals surface area (Å²) in [6.07, 6.45) is 46.4. The van der Waals surface area contributed by atoms with E-state index in [9.17, 15) is 20.1 Å². The van der Waals surface area contributed by atoms with E-state index in [0.29, 0.717) is 12.8 Å². The third kappa shape index (κ3) is 35.7. The topological polar surface area (TPSA) is 89.8 Å². The number of nitrogens with one attached hydrogen (secondary N) is 1. The summed E-state index contributed by atoms with van der Waals surface area (Å²) in [7, 11) is 0. The van der Waals surface area contributed by atoms with Crippen molar-refractivity contribution < 1.29 is 20.1 Å². The molecule has 4 N–H and O–H groups in total. The van der Waals surface area contributed by atoms with Crippen molar-refractivity contribution in [2.24, 2.45) is 0 Å². The van der Waals surface area contributed by atoms with E-state index < -0.39 is 18.2 Å². The molecule has 0 saturated carbocycles. The summed E-state index contributed by atoms with van der Waals surface area (Å²) in [5.41, 5.74) is 0. The maximum absolute atomic E-state index is 12.4. The Kier molecular flexibility index (Phi) is 40.6. The van der Waals surface area contributed by atoms with E-state index in [1.807, 2.05) is 0 Å². The number of carbonyl (C=O) groups excluding carboxylic acids is 1. The molecule has 0 aromatic heterocycles. The number of carbonyl (C=O) groups is 1. The molecule has 1 amide bonds. The lowest BCUT2D eigenvalue weighted by atomic mass is 9.99. The molecule has 0 heterocycles. The lowest BCUT2D eigenvalue weighted by molar-refractivity contribution is -0.124. The molecule has 0 aliphatic rings. The molecule has 0 spiro atoms. The van der Waals surface area contributed by atoms with Crippen LogP contribution in [0.15, 0.2) is 0 Å². The molecule has 0 aromatic carbocycles. The van der Waals surface area contributed by atoms with Crippen molar-refractivity contribution in [1.82, 2.24) is 5.32 Å². The number of aliphatic hydroxyl groups is 3. The molecule has 0 fully saturated rings. The van der Waals surface area contributed by atoms with Crippen LogP contribution in [-0.4, -0.2) is 46.1 Å². The van der Waals surface area contributed by atoms with Crippen LogP contribution < -0.4 is 5.32 Å². The molecule has 0 saturated heterocycles. The highest BCUT2D eigenvalue weighted by Crippen LogP contribution is 2.17. The molecule has 0 aromatic rings. The molecule has 3 unspecified atom stereocenters. The quantitative estimate of drug-likeness (QED) is 0.0475. The summed E-state index contributed by atoms with van der Waals surface area (Å²) in [6, 6.07) is -0.802. The van der Waals surface area contributed by atoms with Gasteiger partial charge in [-0.15, -0.1) is 0 Å². The number of unbranched alkanes of at least 4 members (excludes halogenated alkanes) is 34. The number of rotatable bonds is 42. The fraction of sp³-hybridized carbons (Fsp3) is 0.978. The van der Waals surface area contributed by atoms with Crippen LogP contribution in [0.3, 0.4) is 0 Å². The van der Waals surface area contributed by atoms with E-state index >= 15 is 0 Å². The average molecular weight is 710 g/mol. The minimum atomic E-state index is -1.13. The smallest absolute Gasteiger partial charge is 0.220 e. The Morgan fingerprint density at radius 1 is 0.420 bits per heavy atom. The summed E-state index contributed by atoms with van der Waals surface area (Å²) < 4.78 is 0. The van der Waals surface area contributed by atoms with Gasteiger partial charge in [-0.05, 0) is 12.8 Å². The Morgan fingerprint density at radius 3 is 0.960 bits per heavy atom. The van der Waals surface area contributed by atoms with Gasteiger partial charge in [0.1, 0.15) is 6.10 Å². The predicted molar refractivity (Wildman–Crippen MR) is 218 cm³/mol. The fourth-order valence-electron chi connectivity index (χ4n) is 7.40. The van der Waals surface area contributed by atoms with E-state index in [0.717, 1.165) is 32.1 Å². The largest absolute Gasteiger partial charge is 0.394 e. The lowest BCUT2D eigenvalue weighted by Crippen LogP contribution is -2.50. The van der Waals surface area contributed by atoms with Crippen LogP contribution in [0, 0.1) is 0 Å². The minimum Gasteiger partial charge on any atom is -0.394 e. The Morgan fingerprint density at radius 2 is 0.680 bits per heavy atom. The van der Waals surface area contributed by atoms with Crippen LogP contribution in [0.1, 0.15) is 258 Å². The number of amides is 1. The zero-order valence-corrected chi connectivity index (χ0v) is 34.1. The van der Waals surface area contributed by atoms with Crippen molar-refractivity contribution >= 4 is 5.91 Å². The second kappa shape index (κ2) is 41.1. The van der Waals surface area contributed by atoms with Crippen molar-refractivity contribution in [3.05, 3.63) is 0 Å². The normalized spacial score (nSPS) is 13.5. The summed E-state index contributed by atoms with van der Waals surface area (Å²) in [4.78, 5) is 12.4. The average Bonchev–Trinajstić information content (AvgIpc) is 3.12. The first-order valence-electron chi connectivity index (χ1n) is 22.8. The van der Waals surface area contributed by atoms with Crippen molar-refractivity contribution in [3.8, 4) is 0 Å². The van der Waals surface area contributed by atoms with Crippen LogP contribution in [-0.2, 0) is 4.79 Å². The molecular weight excluding hydrogens is 618 g/mol. The molecule has 0 rings (SSSR count). The molecule has 0 aliphatic carbocycles. The first-order valence-corrected chi connectivity index (χ1v) is 22.8. The first kappa shape index (κ1) is 49.4. The van der Waals surface area contributed by atoms with Gasteiger partial charge in [-0.1, -0.05) is 239 Å². The highest BCUT2D eigenvalue weighted by molar-refractivity contribution is 5.76. The number of hydrogen-bond acceptors (Lipinski definition) is 4. The Balaban J connectivity index is 3.56. The van der Waals surface area contributed by atoms with Gasteiger partial charge in [0, 0.05) is 6.42 Å². The molecule has 0 radical (unpaired) electrons. The molecule has 5 nitrogen and oxygen atoms in total. The van der Waals surface area contributed by atoms with Gasteiger partial charge in [-0.2, -0.15) is 0 Å². The van der Waals surface area contributed by atoms with Gasteiger partial charge < -0.3 is 20.6 Å². The molecule has 0 aliphatic heterocycles. The second-order valence-electron chi connectivity index (χ2n) is 16.0. The number of hydrogen-bond donors (Lipinski definition) is 4. The fourth-order valence-corrected chi connectivity index (χ4v) is 7.40. The Bertz CT molecular complexity index is 659. The predicted octanol–water partition coefficient (Wildman–Crippen LogP) is 13.0. The molecule has 300 valence electrons. The molecule has 3 atom stereocenters. The Hall–Kier alpha value is -0.650. The SMILES string of the molecule is CCCCCCCCCCCCCCCCCCCCCCCC(O)C(O)C(CO)NC(=O)CCCCCCCCCCCCCCCCC. The highest BCUT2D eigenvalue weighted by Gasteiger charge is 2.26. The van der Waals surface area contributed by atoms with Gasteiger partial charge in [0.15, 0.2) is 0 Å². The maximum atomic E-state index is 12.4. The van der Waals surface area contributed by atoms with Gasteiger partial charge in [-0.25, -0.2) is 0 Å². The van der Waals surface area contributed by atoms with Gasteiger partial charge in [0.05, 0.1) is 18.8 Å². The van der Waals surface area contributed by atoms with E-state index in [4.69, 9.17) is 0 Å². The van der Waals surface area contributed by atoms with Crippen LogP contribution in [0.25, 0.3) is 0 Å². The highest BCUT2D eigenvalue weighted by atomic mass is 16.3. The van der Waals surface area contributed by atoms with Crippen molar-refractivity contribution in [2.45, 2.75) is 276 Å². The minimum absolute atomic E-state index is 0.140. The third-order valence-corrected chi connectivity index (χ3v) is 11.0. The van der Waals surface area contributed by atoms with E-state index in [1.54, 1.807) is 0 Å². The summed E-state index contributed by atoms with van der Waals surface area (Å²) in [5, 5.41) is 33.6. The third-order valence-electron chi connectivity index (χ3n) is 11.0. The number of aliphatic hydroxyl groups excluding tert-OH is 3. The molecular formula is C45H91NO4. The summed E-state index contributed by atoms with van der Waals surface area (Å²) in [6.45, 7) is 4.20. The van der Waals surface area contributed by atoms with Crippen molar-refractivity contribution in [2.75, 3.05) is 6.61 Å². The lowest BCUT2D eigenvalue weighted by Gasteiger charge is -2.26. The van der Waals surface area contributed by atoms with Crippen molar-refractivity contribution in [1.29, 1.82) is 0 Å². The monoisotopic (exact) mass is 710 g/mol. The van der Waals surface area contributed by atoms with Crippen LogP contribution in [0.5, 0.6) is 0 Å².